The molecule has 2 saturated heterocycles. The minimum absolute atomic E-state index is 0.153. The van der Waals surface area contributed by atoms with E-state index in [0.29, 0.717) is 63.4 Å². The lowest BCUT2D eigenvalue weighted by Crippen LogP contribution is -2.50. The fourth-order valence-electron chi connectivity index (χ4n) is 5.10. The van der Waals surface area contributed by atoms with Crippen LogP contribution in [0.4, 0.5) is 4.79 Å². The number of sulfonamides is 1. The fourth-order valence-corrected chi connectivity index (χ4v) is 6.80. The van der Waals surface area contributed by atoms with E-state index in [9.17, 15) is 18.0 Å². The molecule has 2 atom stereocenters. The molecule has 0 radical (unpaired) electrons. The molecule has 0 aliphatic carbocycles. The third kappa shape index (κ3) is 4.65. The maximum atomic E-state index is 13.4. The Kier molecular flexibility index (Phi) is 6.91. The summed E-state index contributed by atoms with van der Waals surface area (Å²) in [5.41, 5.74) is 1.91. The number of amides is 2. The number of rotatable bonds is 4. The van der Waals surface area contributed by atoms with Crippen molar-refractivity contribution in [1.82, 2.24) is 19.1 Å². The van der Waals surface area contributed by atoms with Crippen LogP contribution in [-0.2, 0) is 14.8 Å². The number of piperidine rings is 1. The van der Waals surface area contributed by atoms with Gasteiger partial charge in [0.05, 0.1) is 11.5 Å². The Morgan fingerprint density at radius 3 is 2.29 bits per heavy atom. The number of nitrogens with zero attached hydrogens (tertiary/aromatic N) is 3. The van der Waals surface area contributed by atoms with Gasteiger partial charge in [-0.2, -0.15) is 4.31 Å². The van der Waals surface area contributed by atoms with Gasteiger partial charge in [0, 0.05) is 50.2 Å². The van der Waals surface area contributed by atoms with Crippen LogP contribution in [-0.4, -0.2) is 85.4 Å². The highest BCUT2D eigenvalue weighted by Crippen LogP contribution is 2.30. The van der Waals surface area contributed by atoms with Crippen LogP contribution in [0.25, 0.3) is 10.9 Å². The van der Waals surface area contributed by atoms with Crippen LogP contribution in [0.1, 0.15) is 43.2 Å². The molecule has 1 N–H and O–H groups in total. The SMILES string of the molecule is CCOC(=O)N1CCN(C(=O)c2[nH]c3ccc(S(=O)(=O)N4CC(C)CC(C)C4)cc3c2C)CC1. The molecule has 1 aromatic heterocycles. The first-order valence-electron chi connectivity index (χ1n) is 11.9. The maximum absolute atomic E-state index is 13.4. The topological polar surface area (TPSA) is 103 Å². The van der Waals surface area contributed by atoms with Crippen molar-refractivity contribution in [1.29, 1.82) is 0 Å². The van der Waals surface area contributed by atoms with E-state index in [1.807, 2.05) is 6.92 Å². The van der Waals surface area contributed by atoms with E-state index in [0.717, 1.165) is 22.9 Å². The fraction of sp³-hybridized carbons (Fsp3) is 0.583. The normalized spacial score (nSPS) is 22.2. The molecule has 2 aliphatic heterocycles. The number of carbonyl (C=O) groups is 2. The molecule has 1 aromatic carbocycles. The van der Waals surface area contributed by atoms with Crippen molar-refractivity contribution >= 4 is 32.9 Å². The third-order valence-corrected chi connectivity index (χ3v) is 8.64. The predicted molar refractivity (Wildman–Crippen MR) is 129 cm³/mol. The molecule has 34 heavy (non-hydrogen) atoms. The van der Waals surface area contributed by atoms with E-state index >= 15 is 0 Å². The van der Waals surface area contributed by atoms with Gasteiger partial charge >= 0.3 is 6.09 Å². The molecule has 2 unspecified atom stereocenters. The number of nitrogens with one attached hydrogen (secondary N) is 1. The summed E-state index contributed by atoms with van der Waals surface area (Å²) in [6.45, 7) is 10.8. The van der Waals surface area contributed by atoms with Gasteiger partial charge in [0.15, 0.2) is 0 Å². The number of piperazine rings is 1. The van der Waals surface area contributed by atoms with Gasteiger partial charge in [0.25, 0.3) is 5.91 Å². The van der Waals surface area contributed by atoms with Crippen LogP contribution in [0.2, 0.25) is 0 Å². The number of fused-ring (bicyclic) bond motifs is 1. The van der Waals surface area contributed by atoms with Gasteiger partial charge in [0.1, 0.15) is 5.69 Å². The monoisotopic (exact) mass is 490 g/mol. The minimum Gasteiger partial charge on any atom is -0.450 e. The summed E-state index contributed by atoms with van der Waals surface area (Å²) in [6.07, 6.45) is 0.671. The quantitative estimate of drug-likeness (QED) is 0.710. The van der Waals surface area contributed by atoms with Crippen molar-refractivity contribution in [3.8, 4) is 0 Å². The standard InChI is InChI=1S/C24H34N4O5S/c1-5-33-24(30)27-10-8-26(9-11-27)23(29)22-18(4)20-13-19(6-7-21(20)25-22)34(31,32)28-14-16(2)12-17(3)15-28/h6-7,13,16-17,25H,5,8-12,14-15H2,1-4H3. The smallest absolute Gasteiger partial charge is 0.409 e. The lowest BCUT2D eigenvalue weighted by Gasteiger charge is -2.34. The van der Waals surface area contributed by atoms with Gasteiger partial charge in [-0.3, -0.25) is 4.79 Å². The largest absolute Gasteiger partial charge is 0.450 e. The molecule has 2 aliphatic rings. The number of aryl methyl sites for hydroxylation is 1. The highest BCUT2D eigenvalue weighted by atomic mass is 32.2. The van der Waals surface area contributed by atoms with Gasteiger partial charge in [-0.15, -0.1) is 0 Å². The Bertz CT molecular complexity index is 1170. The molecule has 2 aromatic rings. The average molecular weight is 491 g/mol. The van der Waals surface area contributed by atoms with E-state index in [1.165, 1.54) is 0 Å². The molecule has 0 saturated carbocycles. The highest BCUT2D eigenvalue weighted by Gasteiger charge is 2.32. The highest BCUT2D eigenvalue weighted by molar-refractivity contribution is 7.89. The second-order valence-corrected chi connectivity index (χ2v) is 11.5. The van der Waals surface area contributed by atoms with Crippen molar-refractivity contribution in [2.24, 2.45) is 11.8 Å². The van der Waals surface area contributed by atoms with E-state index in [4.69, 9.17) is 4.74 Å². The number of aromatic nitrogens is 1. The number of aromatic amines is 1. The Balaban J connectivity index is 1.55. The van der Waals surface area contributed by atoms with Crippen molar-refractivity contribution < 1.29 is 22.7 Å². The summed E-state index contributed by atoms with van der Waals surface area (Å²) in [5, 5.41) is 0.729. The van der Waals surface area contributed by atoms with Gasteiger partial charge < -0.3 is 19.5 Å². The van der Waals surface area contributed by atoms with E-state index < -0.39 is 10.0 Å². The molecule has 0 spiro atoms. The zero-order valence-corrected chi connectivity index (χ0v) is 21.2. The summed E-state index contributed by atoms with van der Waals surface area (Å²) in [6, 6.07) is 5.03. The second-order valence-electron chi connectivity index (χ2n) is 9.58. The molecule has 2 amide bonds. The molecular weight excluding hydrogens is 456 g/mol. The Labute approximate surface area is 201 Å². The van der Waals surface area contributed by atoms with Gasteiger partial charge in [-0.1, -0.05) is 13.8 Å². The van der Waals surface area contributed by atoms with Crippen LogP contribution in [0, 0.1) is 18.8 Å². The molecule has 0 bridgehead atoms. The number of benzene rings is 1. The van der Waals surface area contributed by atoms with Crippen LogP contribution in [0.15, 0.2) is 23.1 Å². The number of hydrogen-bond acceptors (Lipinski definition) is 5. The van der Waals surface area contributed by atoms with Crippen molar-refractivity contribution in [3.05, 3.63) is 29.5 Å². The van der Waals surface area contributed by atoms with Gasteiger partial charge in [0.2, 0.25) is 10.0 Å². The van der Waals surface area contributed by atoms with E-state index in [1.54, 1.807) is 39.2 Å². The van der Waals surface area contributed by atoms with E-state index in [-0.39, 0.29) is 16.9 Å². The summed E-state index contributed by atoms with van der Waals surface area (Å²) < 4.78 is 33.3. The number of H-pyrrole nitrogens is 1. The lowest BCUT2D eigenvalue weighted by atomic mass is 9.94. The van der Waals surface area contributed by atoms with Crippen LogP contribution >= 0.6 is 0 Å². The zero-order chi connectivity index (χ0) is 24.6. The number of hydrogen-bond donors (Lipinski definition) is 1. The molecule has 10 heteroatoms. The Hall–Kier alpha value is -2.59. The first kappa shape index (κ1) is 24.5. The minimum atomic E-state index is -3.61. The maximum Gasteiger partial charge on any atom is 0.409 e. The first-order valence-corrected chi connectivity index (χ1v) is 13.4. The van der Waals surface area contributed by atoms with Crippen molar-refractivity contribution in [2.75, 3.05) is 45.9 Å². The third-order valence-electron chi connectivity index (χ3n) is 6.81. The molecule has 3 heterocycles. The number of carbonyl (C=O) groups excluding carboxylic acids is 2. The summed E-state index contributed by atoms with van der Waals surface area (Å²) in [5.74, 6) is 0.495. The Morgan fingerprint density at radius 2 is 1.68 bits per heavy atom. The van der Waals surface area contributed by atoms with E-state index in [2.05, 4.69) is 18.8 Å². The summed E-state index contributed by atoms with van der Waals surface area (Å²) in [7, 11) is -3.61. The van der Waals surface area contributed by atoms with Crippen LogP contribution in [0.5, 0.6) is 0 Å². The molecular formula is C24H34N4O5S. The first-order chi connectivity index (χ1) is 16.1. The molecule has 9 nitrogen and oxygen atoms in total. The summed E-state index contributed by atoms with van der Waals surface area (Å²) >= 11 is 0. The van der Waals surface area contributed by atoms with Crippen molar-refractivity contribution in [2.45, 2.75) is 39.0 Å². The molecule has 186 valence electrons. The molecule has 4 rings (SSSR count). The molecule has 2 fully saturated rings. The van der Waals surface area contributed by atoms with Gasteiger partial charge in [-0.05, 0) is 55.9 Å². The van der Waals surface area contributed by atoms with Crippen LogP contribution in [0.3, 0.4) is 0 Å². The number of ether oxygens (including phenoxy) is 1. The van der Waals surface area contributed by atoms with Crippen LogP contribution < -0.4 is 0 Å². The second kappa shape index (κ2) is 9.58. The Morgan fingerprint density at radius 1 is 1.06 bits per heavy atom. The van der Waals surface area contributed by atoms with Gasteiger partial charge in [-0.25, -0.2) is 13.2 Å². The lowest BCUT2D eigenvalue weighted by molar-refractivity contribution is 0.0566. The predicted octanol–water partition coefficient (Wildman–Crippen LogP) is 3.06. The van der Waals surface area contributed by atoms with Crippen molar-refractivity contribution in [3.63, 3.8) is 0 Å². The average Bonchev–Trinajstić information content (AvgIpc) is 3.14. The summed E-state index contributed by atoms with van der Waals surface area (Å²) in [4.78, 5) is 31.9. The zero-order valence-electron chi connectivity index (χ0n) is 20.3.